The first-order valence-corrected chi connectivity index (χ1v) is 7.28. The van der Waals surface area contributed by atoms with E-state index >= 15 is 0 Å². The van der Waals surface area contributed by atoms with E-state index in [2.05, 4.69) is 25.1 Å². The van der Waals surface area contributed by atoms with Crippen LogP contribution in [-0.4, -0.2) is 29.4 Å². The summed E-state index contributed by atoms with van der Waals surface area (Å²) >= 11 is 5.99. The van der Waals surface area contributed by atoms with Crippen molar-refractivity contribution in [3.8, 4) is 11.3 Å². The SMILES string of the molecule is COC(=O)Nc1ccc(-c2cc(CCC(=O)ON)c(Cl)nn2)cc1. The third kappa shape index (κ3) is 4.64. The van der Waals surface area contributed by atoms with Gasteiger partial charge < -0.3 is 9.57 Å². The zero-order chi connectivity index (χ0) is 17.5. The second-order valence-electron chi connectivity index (χ2n) is 4.73. The summed E-state index contributed by atoms with van der Waals surface area (Å²) in [5, 5.41) is 10.7. The fourth-order valence-corrected chi connectivity index (χ4v) is 2.11. The average molecular weight is 351 g/mol. The summed E-state index contributed by atoms with van der Waals surface area (Å²) in [6, 6.07) is 8.67. The number of benzene rings is 1. The van der Waals surface area contributed by atoms with E-state index < -0.39 is 12.1 Å². The van der Waals surface area contributed by atoms with Crippen molar-refractivity contribution >= 4 is 29.4 Å². The molecule has 0 aliphatic carbocycles. The number of halogens is 1. The van der Waals surface area contributed by atoms with Gasteiger partial charge in [0.2, 0.25) is 0 Å². The van der Waals surface area contributed by atoms with Gasteiger partial charge in [0, 0.05) is 11.3 Å². The van der Waals surface area contributed by atoms with Crippen molar-refractivity contribution in [1.29, 1.82) is 0 Å². The Morgan fingerprint density at radius 3 is 2.58 bits per heavy atom. The monoisotopic (exact) mass is 350 g/mol. The predicted molar refractivity (Wildman–Crippen MR) is 87.1 cm³/mol. The van der Waals surface area contributed by atoms with Crippen molar-refractivity contribution in [3.05, 3.63) is 41.0 Å². The summed E-state index contributed by atoms with van der Waals surface area (Å²) in [5.74, 6) is 4.27. The molecule has 0 saturated heterocycles. The summed E-state index contributed by atoms with van der Waals surface area (Å²) in [4.78, 5) is 26.4. The number of nitrogens with two attached hydrogens (primary N) is 1. The van der Waals surface area contributed by atoms with Crippen LogP contribution < -0.4 is 11.2 Å². The number of anilines is 1. The zero-order valence-corrected chi connectivity index (χ0v) is 13.5. The molecule has 1 heterocycles. The minimum Gasteiger partial charge on any atom is -0.453 e. The summed E-state index contributed by atoms with van der Waals surface area (Å²) in [5.41, 5.74) is 2.60. The van der Waals surface area contributed by atoms with Gasteiger partial charge in [-0.1, -0.05) is 23.7 Å². The molecule has 0 aliphatic heterocycles. The number of nitrogens with one attached hydrogen (secondary N) is 1. The number of nitrogens with zero attached hydrogens (tertiary/aromatic N) is 2. The molecule has 0 saturated carbocycles. The molecule has 2 aromatic rings. The fraction of sp³-hybridized carbons (Fsp3) is 0.200. The quantitative estimate of drug-likeness (QED) is 0.794. The van der Waals surface area contributed by atoms with Crippen LogP contribution in [-0.2, 0) is 20.8 Å². The van der Waals surface area contributed by atoms with Crippen LogP contribution in [0.25, 0.3) is 11.3 Å². The maximum absolute atomic E-state index is 11.2. The van der Waals surface area contributed by atoms with E-state index in [0.717, 1.165) is 5.56 Å². The van der Waals surface area contributed by atoms with Crippen LogP contribution in [0.5, 0.6) is 0 Å². The zero-order valence-electron chi connectivity index (χ0n) is 12.8. The standard InChI is InChI=1S/C15H15ClN4O4/c1-23-15(22)18-11-5-2-9(3-6-11)12-8-10(14(16)20-19-12)4-7-13(21)24-17/h2-3,5-6,8H,4,7,17H2,1H3,(H,18,22). The maximum Gasteiger partial charge on any atom is 0.411 e. The highest BCUT2D eigenvalue weighted by Crippen LogP contribution is 2.23. The van der Waals surface area contributed by atoms with Crippen molar-refractivity contribution in [3.63, 3.8) is 0 Å². The van der Waals surface area contributed by atoms with E-state index in [1.54, 1.807) is 30.3 Å². The minimum atomic E-state index is -0.553. The van der Waals surface area contributed by atoms with E-state index in [0.29, 0.717) is 23.4 Å². The van der Waals surface area contributed by atoms with Gasteiger partial charge in [-0.25, -0.2) is 4.79 Å². The Bertz CT molecular complexity index is 737. The molecule has 0 bridgehead atoms. The summed E-state index contributed by atoms with van der Waals surface area (Å²) in [7, 11) is 1.29. The molecule has 0 atom stereocenters. The second-order valence-corrected chi connectivity index (χ2v) is 5.09. The Hall–Kier alpha value is -2.71. The Morgan fingerprint density at radius 2 is 1.96 bits per heavy atom. The topological polar surface area (TPSA) is 116 Å². The molecule has 1 amide bonds. The van der Waals surface area contributed by atoms with Crippen molar-refractivity contribution in [1.82, 2.24) is 10.2 Å². The minimum absolute atomic E-state index is 0.0866. The van der Waals surface area contributed by atoms with Crippen LogP contribution >= 0.6 is 11.6 Å². The van der Waals surface area contributed by atoms with Gasteiger partial charge in [0.25, 0.3) is 0 Å². The van der Waals surface area contributed by atoms with E-state index in [-0.39, 0.29) is 11.6 Å². The Kier molecular flexibility index (Phi) is 6.05. The molecule has 0 fully saturated rings. The van der Waals surface area contributed by atoms with Gasteiger partial charge in [0.05, 0.1) is 19.2 Å². The molecule has 9 heteroatoms. The Morgan fingerprint density at radius 1 is 1.25 bits per heavy atom. The van der Waals surface area contributed by atoms with Crippen molar-refractivity contribution in [2.24, 2.45) is 5.90 Å². The third-order valence-corrected chi connectivity index (χ3v) is 3.48. The molecule has 1 aromatic heterocycles. The Labute approximate surface area is 142 Å². The molecule has 0 aliphatic rings. The summed E-state index contributed by atoms with van der Waals surface area (Å²) in [6.45, 7) is 0. The molecule has 1 aromatic carbocycles. The van der Waals surface area contributed by atoms with Gasteiger partial charge >= 0.3 is 12.1 Å². The number of hydrogen-bond acceptors (Lipinski definition) is 7. The van der Waals surface area contributed by atoms with Crippen LogP contribution in [0, 0.1) is 0 Å². The Balaban J connectivity index is 2.16. The predicted octanol–water partition coefficient (Wildman–Crippen LogP) is 2.32. The van der Waals surface area contributed by atoms with Gasteiger partial charge in [-0.3, -0.25) is 10.1 Å². The molecule has 0 radical (unpaired) electrons. The highest BCUT2D eigenvalue weighted by molar-refractivity contribution is 6.30. The lowest BCUT2D eigenvalue weighted by Crippen LogP contribution is -2.11. The van der Waals surface area contributed by atoms with Crippen molar-refractivity contribution in [2.45, 2.75) is 12.8 Å². The van der Waals surface area contributed by atoms with E-state index in [1.807, 2.05) is 0 Å². The third-order valence-electron chi connectivity index (χ3n) is 3.16. The largest absolute Gasteiger partial charge is 0.453 e. The van der Waals surface area contributed by atoms with Crippen molar-refractivity contribution < 1.29 is 19.2 Å². The van der Waals surface area contributed by atoms with E-state index in [1.165, 1.54) is 7.11 Å². The van der Waals surface area contributed by atoms with E-state index in [4.69, 9.17) is 17.5 Å². The van der Waals surface area contributed by atoms with Crippen LogP contribution in [0.4, 0.5) is 10.5 Å². The molecular weight excluding hydrogens is 336 g/mol. The highest BCUT2D eigenvalue weighted by Gasteiger charge is 2.10. The van der Waals surface area contributed by atoms with Gasteiger partial charge in [0.1, 0.15) is 0 Å². The van der Waals surface area contributed by atoms with Gasteiger partial charge in [0.15, 0.2) is 5.15 Å². The first-order valence-electron chi connectivity index (χ1n) is 6.90. The number of rotatable bonds is 5. The molecule has 8 nitrogen and oxygen atoms in total. The van der Waals surface area contributed by atoms with Gasteiger partial charge in [-0.2, -0.15) is 5.90 Å². The van der Waals surface area contributed by atoms with E-state index in [9.17, 15) is 9.59 Å². The van der Waals surface area contributed by atoms with Crippen LogP contribution in [0.3, 0.4) is 0 Å². The van der Waals surface area contributed by atoms with Gasteiger partial charge in [-0.05, 0) is 30.2 Å². The molecule has 0 spiro atoms. The molecule has 3 N–H and O–H groups in total. The van der Waals surface area contributed by atoms with Crippen LogP contribution in [0.15, 0.2) is 30.3 Å². The number of aryl methyl sites for hydroxylation is 1. The number of methoxy groups -OCH3 is 1. The number of ether oxygens (including phenoxy) is 1. The average Bonchev–Trinajstić information content (AvgIpc) is 2.61. The number of hydrogen-bond donors (Lipinski definition) is 2. The van der Waals surface area contributed by atoms with Crippen LogP contribution in [0.2, 0.25) is 5.15 Å². The molecule has 126 valence electrons. The lowest BCUT2D eigenvalue weighted by atomic mass is 10.1. The molecule has 24 heavy (non-hydrogen) atoms. The normalized spacial score (nSPS) is 10.1. The summed E-state index contributed by atoms with van der Waals surface area (Å²) in [6.07, 6.45) is -0.133. The van der Waals surface area contributed by atoms with Gasteiger partial charge in [-0.15, -0.1) is 10.2 Å². The first kappa shape index (κ1) is 17.6. The maximum atomic E-state index is 11.2. The molecule has 2 rings (SSSR count). The molecular formula is C15H15ClN4O4. The number of carbonyl (C=O) groups is 2. The second kappa shape index (κ2) is 8.23. The first-order chi connectivity index (χ1) is 11.5. The lowest BCUT2D eigenvalue weighted by Gasteiger charge is -2.07. The van der Waals surface area contributed by atoms with Crippen LogP contribution in [0.1, 0.15) is 12.0 Å². The number of aromatic nitrogens is 2. The van der Waals surface area contributed by atoms with Crippen molar-refractivity contribution in [2.75, 3.05) is 12.4 Å². The lowest BCUT2D eigenvalue weighted by molar-refractivity contribution is -0.144. The summed E-state index contributed by atoms with van der Waals surface area (Å²) < 4.78 is 4.52. The highest BCUT2D eigenvalue weighted by atomic mass is 35.5. The molecule has 0 unspecified atom stereocenters. The number of carbonyl (C=O) groups excluding carboxylic acids is 2. The number of amides is 1. The fourth-order valence-electron chi connectivity index (χ4n) is 1.92. The smallest absolute Gasteiger partial charge is 0.411 e.